The number of rotatable bonds is 43. The molecule has 0 heterocycles. The number of benzene rings is 6. The quantitative estimate of drug-likeness (QED) is 0.0113. The summed E-state index contributed by atoms with van der Waals surface area (Å²) >= 11 is 0. The van der Waals surface area contributed by atoms with Gasteiger partial charge in [-0.3, -0.25) is 0 Å². The Hall–Kier alpha value is -10.8. The molecule has 0 unspecified atom stereocenters. The molecule has 0 saturated carbocycles. The van der Waals surface area contributed by atoms with E-state index in [9.17, 15) is 38.4 Å². The zero-order chi connectivity index (χ0) is 67.1. The number of hydrogen-bond donors (Lipinski definition) is 0. The largest absolute Gasteiger partial charge is 0.494 e. The van der Waals surface area contributed by atoms with Crippen LogP contribution in [0.25, 0.3) is 0 Å². The Labute approximate surface area is 546 Å². The first-order valence-corrected chi connectivity index (χ1v) is 31.0. The van der Waals surface area contributed by atoms with Crippen LogP contribution in [0, 0.1) is 0 Å². The van der Waals surface area contributed by atoms with Crippen LogP contribution in [-0.2, 0) is 51.0 Å². The van der Waals surface area contributed by atoms with Crippen molar-refractivity contribution in [2.24, 2.45) is 0 Å². The highest BCUT2D eigenvalue weighted by Crippen LogP contribution is 2.32. The van der Waals surface area contributed by atoms with Crippen LogP contribution in [0.15, 0.2) is 184 Å². The first kappa shape index (κ1) is 72.3. The number of carbonyl (C=O) groups is 8. The van der Waals surface area contributed by atoms with Gasteiger partial charge in [0, 0.05) is 24.3 Å². The van der Waals surface area contributed by atoms with E-state index in [1.165, 1.54) is 24.3 Å². The van der Waals surface area contributed by atoms with Gasteiger partial charge in [0.15, 0.2) is 0 Å². The van der Waals surface area contributed by atoms with Crippen molar-refractivity contribution in [3.63, 3.8) is 0 Å². The van der Waals surface area contributed by atoms with Gasteiger partial charge < -0.3 is 56.8 Å². The Bertz CT molecular complexity index is 3480. The maximum absolute atomic E-state index is 13.9. The minimum atomic E-state index is -0.710. The highest BCUT2D eigenvalue weighted by atomic mass is 16.6. The molecule has 6 aromatic carbocycles. The molecule has 0 bridgehead atoms. The van der Waals surface area contributed by atoms with Crippen LogP contribution in [0.4, 0.5) is 0 Å². The van der Waals surface area contributed by atoms with Crippen LogP contribution in [0.5, 0.6) is 46.0 Å². The average Bonchev–Trinajstić information content (AvgIpc) is 1.58. The molecule has 0 N–H and O–H groups in total. The van der Waals surface area contributed by atoms with Crippen molar-refractivity contribution in [3.05, 3.63) is 217 Å². The van der Waals surface area contributed by atoms with Crippen LogP contribution in [0.3, 0.4) is 0 Å². The molecule has 6 rings (SSSR count). The third-order valence-corrected chi connectivity index (χ3v) is 13.8. The number of carbonyl (C=O) groups excluding carboxylic acids is 8. The molecular formula is C74H78O20. The van der Waals surface area contributed by atoms with E-state index in [-0.39, 0.29) is 71.3 Å². The summed E-state index contributed by atoms with van der Waals surface area (Å²) in [6.45, 7) is 16.2. The fourth-order valence-corrected chi connectivity index (χ4v) is 8.71. The predicted molar refractivity (Wildman–Crippen MR) is 348 cm³/mol. The lowest BCUT2D eigenvalue weighted by molar-refractivity contribution is -0.138. The van der Waals surface area contributed by atoms with Crippen LogP contribution in [0.1, 0.15) is 130 Å². The SMILES string of the molecule is C=CC(=O)OCCCCCCOc1ccc(C(=O)Oc2ccc(OC(=O)c3ccc(OCCCCCCOC(=O)C=C)cc3)c(CCc3cc(OC(=O)c4ccc(OCCCCOC(=O)C=C)cc4)ccc3OC(=O)c3ccc(OCCCCOC(=O)C=C)cc3)c2)cc1. The summed E-state index contributed by atoms with van der Waals surface area (Å²) in [5.41, 5.74) is 1.67. The molecule has 0 spiro atoms. The van der Waals surface area contributed by atoms with E-state index in [1.807, 2.05) is 0 Å². The highest BCUT2D eigenvalue weighted by molar-refractivity contribution is 5.94. The van der Waals surface area contributed by atoms with Crippen molar-refractivity contribution in [1.29, 1.82) is 0 Å². The van der Waals surface area contributed by atoms with Gasteiger partial charge in [-0.1, -0.05) is 26.3 Å². The molecule has 0 fully saturated rings. The topological polar surface area (TPSA) is 247 Å². The van der Waals surface area contributed by atoms with Crippen LogP contribution in [0.2, 0.25) is 0 Å². The average molecular weight is 1290 g/mol. The molecular weight excluding hydrogens is 1210 g/mol. The van der Waals surface area contributed by atoms with Gasteiger partial charge in [-0.15, -0.1) is 0 Å². The van der Waals surface area contributed by atoms with Crippen molar-refractivity contribution in [2.45, 2.75) is 89.9 Å². The van der Waals surface area contributed by atoms with Crippen molar-refractivity contribution < 1.29 is 95.2 Å². The van der Waals surface area contributed by atoms with E-state index in [0.717, 1.165) is 75.7 Å². The van der Waals surface area contributed by atoms with E-state index in [1.54, 1.807) is 109 Å². The second kappa shape index (κ2) is 40.9. The zero-order valence-corrected chi connectivity index (χ0v) is 52.6. The molecule has 20 nitrogen and oxygen atoms in total. The molecule has 0 aliphatic carbocycles. The maximum Gasteiger partial charge on any atom is 0.343 e. The summed E-state index contributed by atoms with van der Waals surface area (Å²) in [6.07, 6.45) is 13.4. The lowest BCUT2D eigenvalue weighted by Crippen LogP contribution is -2.13. The molecule has 6 aromatic rings. The summed E-state index contributed by atoms with van der Waals surface area (Å²) in [5.74, 6) is -2.10. The van der Waals surface area contributed by atoms with E-state index < -0.39 is 47.8 Å². The first-order valence-electron chi connectivity index (χ1n) is 31.0. The Morgan fingerprint density at radius 3 is 0.755 bits per heavy atom. The first-order chi connectivity index (χ1) is 45.7. The summed E-state index contributed by atoms with van der Waals surface area (Å²) in [6, 6.07) is 34.8. The van der Waals surface area contributed by atoms with Crippen LogP contribution < -0.4 is 37.9 Å². The van der Waals surface area contributed by atoms with Gasteiger partial charge in [-0.2, -0.15) is 0 Å². The monoisotopic (exact) mass is 1290 g/mol. The Morgan fingerprint density at radius 2 is 0.489 bits per heavy atom. The second-order valence-corrected chi connectivity index (χ2v) is 20.8. The van der Waals surface area contributed by atoms with Gasteiger partial charge in [0.1, 0.15) is 46.0 Å². The van der Waals surface area contributed by atoms with Crippen molar-refractivity contribution in [1.82, 2.24) is 0 Å². The minimum Gasteiger partial charge on any atom is -0.494 e. The van der Waals surface area contributed by atoms with Crippen molar-refractivity contribution in [3.8, 4) is 46.0 Å². The summed E-state index contributed by atoms with van der Waals surface area (Å²) in [5, 5.41) is 0. The fourth-order valence-electron chi connectivity index (χ4n) is 8.71. The van der Waals surface area contributed by atoms with Crippen LogP contribution >= 0.6 is 0 Å². The van der Waals surface area contributed by atoms with Gasteiger partial charge in [-0.05, 0) is 234 Å². The van der Waals surface area contributed by atoms with Crippen LogP contribution in [-0.4, -0.2) is 101 Å². The fraction of sp³-hybridized carbons (Fsp3) is 0.297. The Balaban J connectivity index is 1.19. The summed E-state index contributed by atoms with van der Waals surface area (Å²) in [4.78, 5) is 100. The molecule has 0 aliphatic rings. The zero-order valence-electron chi connectivity index (χ0n) is 52.6. The lowest BCUT2D eigenvalue weighted by atomic mass is 10.0. The van der Waals surface area contributed by atoms with E-state index >= 15 is 0 Å². The van der Waals surface area contributed by atoms with E-state index in [0.29, 0.717) is 99.4 Å². The van der Waals surface area contributed by atoms with Gasteiger partial charge in [-0.25, -0.2) is 38.4 Å². The maximum atomic E-state index is 13.9. The number of hydrogen-bond acceptors (Lipinski definition) is 20. The molecule has 494 valence electrons. The second-order valence-electron chi connectivity index (χ2n) is 20.8. The molecule has 0 aliphatic heterocycles. The Morgan fingerprint density at radius 1 is 0.266 bits per heavy atom. The smallest absolute Gasteiger partial charge is 0.343 e. The molecule has 0 radical (unpaired) electrons. The van der Waals surface area contributed by atoms with Gasteiger partial charge in [0.25, 0.3) is 0 Å². The number of esters is 8. The minimum absolute atomic E-state index is 0.0830. The Kier molecular flexibility index (Phi) is 31.4. The normalized spacial score (nSPS) is 10.5. The summed E-state index contributed by atoms with van der Waals surface area (Å²) < 4.78 is 67.4. The lowest BCUT2D eigenvalue weighted by Gasteiger charge is -2.15. The van der Waals surface area contributed by atoms with Gasteiger partial charge >= 0.3 is 47.8 Å². The summed E-state index contributed by atoms with van der Waals surface area (Å²) in [7, 11) is 0. The third-order valence-electron chi connectivity index (χ3n) is 13.8. The molecule has 0 atom stereocenters. The molecule has 0 saturated heterocycles. The number of ether oxygens (including phenoxy) is 12. The molecule has 0 aromatic heterocycles. The van der Waals surface area contributed by atoms with Gasteiger partial charge in [0.2, 0.25) is 0 Å². The third kappa shape index (κ3) is 26.6. The van der Waals surface area contributed by atoms with Crippen molar-refractivity contribution >= 4 is 47.8 Å². The van der Waals surface area contributed by atoms with E-state index in [4.69, 9.17) is 56.8 Å². The number of aryl methyl sites for hydroxylation is 2. The predicted octanol–water partition coefficient (Wildman–Crippen LogP) is 13.5. The van der Waals surface area contributed by atoms with Crippen molar-refractivity contribution in [2.75, 3.05) is 52.9 Å². The molecule has 0 amide bonds. The number of unbranched alkanes of at least 4 members (excludes halogenated alkanes) is 8. The standard InChI is InChI=1S/C74H78O20/c1-5-67(75)87-47-15-11-9-13-43-83-59-31-23-53(24-32-59)71(79)91-63-39-41-65(93-73(81)55-27-35-60(36-28-55)84-44-14-10-12-16-48-88-68(76)6-2)57(51-63)21-22-58-52-64(92-72(80)54-25-33-61(34-26-54)85-45-17-19-49-89-69(77)7-3)40-42-66(58)94-74(82)56-29-37-62(38-30-56)86-46-18-20-50-90-70(78)8-4/h5-8,23-42,51-52H,1-4,9-22,43-50H2. The molecule has 94 heavy (non-hydrogen) atoms. The van der Waals surface area contributed by atoms with Gasteiger partial charge in [0.05, 0.1) is 75.1 Å². The highest BCUT2D eigenvalue weighted by Gasteiger charge is 2.20. The van der Waals surface area contributed by atoms with E-state index in [2.05, 4.69) is 26.3 Å². The molecule has 20 heteroatoms.